The highest BCUT2D eigenvalue weighted by Gasteiger charge is 2.43. The molecule has 126 valence electrons. The van der Waals surface area contributed by atoms with Gasteiger partial charge in [-0.15, -0.1) is 0 Å². The Hall–Kier alpha value is -1.29. The summed E-state index contributed by atoms with van der Waals surface area (Å²) in [6, 6.07) is -0.846. The lowest BCUT2D eigenvalue weighted by molar-refractivity contribution is -0.143. The number of hydrogen-bond acceptors (Lipinski definition) is 3. The van der Waals surface area contributed by atoms with E-state index in [1.54, 1.807) is 0 Å². The first-order chi connectivity index (χ1) is 10.0. The molecule has 4 nitrogen and oxygen atoms in total. The van der Waals surface area contributed by atoms with Crippen LogP contribution in [0.15, 0.2) is 0 Å². The normalized spacial score (nSPS) is 22.7. The number of nitrogens with zero attached hydrogens (tertiary/aromatic N) is 2. The van der Waals surface area contributed by atoms with Crippen LogP contribution in [0.1, 0.15) is 42.3 Å². The molecule has 0 bridgehead atoms. The number of aromatic nitrogens is 2. The number of rotatable bonds is 3. The minimum Gasteiger partial charge on any atom is -0.387 e. The summed E-state index contributed by atoms with van der Waals surface area (Å²) >= 11 is 0. The van der Waals surface area contributed by atoms with Crippen molar-refractivity contribution >= 4 is 0 Å². The van der Waals surface area contributed by atoms with Crippen LogP contribution in [0.2, 0.25) is 0 Å². The molecule has 22 heavy (non-hydrogen) atoms. The zero-order chi connectivity index (χ0) is 16.7. The summed E-state index contributed by atoms with van der Waals surface area (Å²) in [6.45, 7) is -0.292. The maximum absolute atomic E-state index is 13.0. The highest BCUT2D eigenvalue weighted by molar-refractivity contribution is 5.34. The Morgan fingerprint density at radius 1 is 1.23 bits per heavy atom. The highest BCUT2D eigenvalue weighted by atomic mass is 19.4. The molecule has 1 aliphatic carbocycles. The van der Waals surface area contributed by atoms with Crippen LogP contribution in [0.25, 0.3) is 0 Å². The second-order valence-electron chi connectivity index (χ2n) is 5.30. The molecule has 0 aliphatic heterocycles. The lowest BCUT2D eigenvalue weighted by Gasteiger charge is -2.26. The molecule has 2 atom stereocenters. The summed E-state index contributed by atoms with van der Waals surface area (Å²) in [5.74, 6) is 0. The van der Waals surface area contributed by atoms with Crippen molar-refractivity contribution in [2.45, 2.75) is 56.7 Å². The van der Waals surface area contributed by atoms with E-state index in [4.69, 9.17) is 5.73 Å². The van der Waals surface area contributed by atoms with Crippen LogP contribution in [-0.4, -0.2) is 27.1 Å². The van der Waals surface area contributed by atoms with Crippen LogP contribution < -0.4 is 5.73 Å². The quantitative estimate of drug-likeness (QED) is 0.837. The average Bonchev–Trinajstić information content (AvgIpc) is 2.72. The molecule has 0 fully saturated rings. The van der Waals surface area contributed by atoms with E-state index in [1.807, 2.05) is 0 Å². The molecule has 0 aromatic carbocycles. The molecule has 2 rings (SSSR count). The summed E-state index contributed by atoms with van der Waals surface area (Å²) in [5.41, 5.74) is 4.01. The molecule has 0 radical (unpaired) electrons. The van der Waals surface area contributed by atoms with Gasteiger partial charge in [0.05, 0.1) is 6.10 Å². The van der Waals surface area contributed by atoms with Crippen molar-refractivity contribution in [1.29, 1.82) is 0 Å². The molecule has 0 saturated carbocycles. The molecule has 1 aliphatic rings. The number of hydrogen-bond donors (Lipinski definition) is 2. The van der Waals surface area contributed by atoms with E-state index in [-0.39, 0.29) is 31.5 Å². The van der Waals surface area contributed by atoms with Crippen molar-refractivity contribution in [2.24, 2.45) is 5.73 Å². The van der Waals surface area contributed by atoms with E-state index in [1.165, 1.54) is 0 Å². The SMILES string of the molecule is NC1CCc2c(c(C(F)(F)F)nn2CCCC(F)(F)F)C1O. The molecule has 2 unspecified atom stereocenters. The van der Waals surface area contributed by atoms with Gasteiger partial charge in [0.2, 0.25) is 0 Å². The van der Waals surface area contributed by atoms with Gasteiger partial charge in [-0.05, 0) is 19.3 Å². The van der Waals surface area contributed by atoms with E-state index < -0.39 is 42.2 Å². The van der Waals surface area contributed by atoms with Crippen molar-refractivity contribution < 1.29 is 31.4 Å². The van der Waals surface area contributed by atoms with Crippen molar-refractivity contribution in [1.82, 2.24) is 9.78 Å². The van der Waals surface area contributed by atoms with Crippen molar-refractivity contribution in [3.8, 4) is 0 Å². The first-order valence-electron chi connectivity index (χ1n) is 6.68. The maximum atomic E-state index is 13.0. The standard InChI is InChI=1S/C12H15F6N3O/c13-11(14,15)4-1-5-21-7-3-2-6(19)9(22)8(7)10(20-21)12(16,17)18/h6,9,22H,1-5,19H2. The predicted molar refractivity (Wildman–Crippen MR) is 63.8 cm³/mol. The van der Waals surface area contributed by atoms with Gasteiger partial charge in [-0.3, -0.25) is 4.68 Å². The highest BCUT2D eigenvalue weighted by Crippen LogP contribution is 2.40. The smallest absolute Gasteiger partial charge is 0.387 e. The van der Waals surface area contributed by atoms with Gasteiger partial charge in [0.25, 0.3) is 0 Å². The minimum absolute atomic E-state index is 0.115. The van der Waals surface area contributed by atoms with Crippen molar-refractivity contribution in [2.75, 3.05) is 0 Å². The summed E-state index contributed by atoms with van der Waals surface area (Å²) in [7, 11) is 0. The zero-order valence-electron chi connectivity index (χ0n) is 11.4. The molecule has 1 aromatic heterocycles. The zero-order valence-corrected chi connectivity index (χ0v) is 11.4. The van der Waals surface area contributed by atoms with Crippen LogP contribution >= 0.6 is 0 Å². The van der Waals surface area contributed by atoms with E-state index >= 15 is 0 Å². The Kier molecular flexibility index (Phi) is 4.44. The summed E-state index contributed by atoms with van der Waals surface area (Å²) in [4.78, 5) is 0. The van der Waals surface area contributed by atoms with Gasteiger partial charge in [-0.25, -0.2) is 0 Å². The number of alkyl halides is 6. The number of fused-ring (bicyclic) bond motifs is 1. The fourth-order valence-electron chi connectivity index (χ4n) is 2.58. The molecule has 10 heteroatoms. The second kappa shape index (κ2) is 5.73. The largest absolute Gasteiger partial charge is 0.435 e. The summed E-state index contributed by atoms with van der Waals surface area (Å²) < 4.78 is 76.3. The van der Waals surface area contributed by atoms with E-state index in [0.717, 1.165) is 4.68 Å². The molecule has 0 saturated heterocycles. The predicted octanol–water partition coefficient (Wildman–Crippen LogP) is 2.55. The van der Waals surface area contributed by atoms with Crippen LogP contribution in [0.5, 0.6) is 0 Å². The van der Waals surface area contributed by atoms with Crippen molar-refractivity contribution in [3.05, 3.63) is 17.0 Å². The Labute approximate surface area is 121 Å². The molecular weight excluding hydrogens is 316 g/mol. The maximum Gasteiger partial charge on any atom is 0.435 e. The van der Waals surface area contributed by atoms with Crippen molar-refractivity contribution in [3.63, 3.8) is 0 Å². The van der Waals surface area contributed by atoms with Gasteiger partial charge in [-0.1, -0.05) is 0 Å². The van der Waals surface area contributed by atoms with Gasteiger partial charge in [0, 0.05) is 30.3 Å². The van der Waals surface area contributed by atoms with Gasteiger partial charge in [0.15, 0.2) is 5.69 Å². The van der Waals surface area contributed by atoms with E-state index in [2.05, 4.69) is 5.10 Å². The molecule has 3 N–H and O–H groups in total. The monoisotopic (exact) mass is 331 g/mol. The van der Waals surface area contributed by atoms with Gasteiger partial charge in [-0.2, -0.15) is 31.4 Å². The van der Waals surface area contributed by atoms with Crippen LogP contribution in [0.4, 0.5) is 26.3 Å². The van der Waals surface area contributed by atoms with E-state index in [0.29, 0.717) is 0 Å². The van der Waals surface area contributed by atoms with Crippen LogP contribution in [0, 0.1) is 0 Å². The topological polar surface area (TPSA) is 64.1 Å². The molecule has 1 heterocycles. The Morgan fingerprint density at radius 3 is 2.41 bits per heavy atom. The lowest BCUT2D eigenvalue weighted by Crippen LogP contribution is -2.34. The number of aryl methyl sites for hydroxylation is 1. The first-order valence-corrected chi connectivity index (χ1v) is 6.68. The Bertz CT molecular complexity index is 536. The fourth-order valence-corrected chi connectivity index (χ4v) is 2.58. The first kappa shape index (κ1) is 17.1. The molecule has 1 aromatic rings. The summed E-state index contributed by atoms with van der Waals surface area (Å²) in [5, 5.41) is 13.3. The van der Waals surface area contributed by atoms with Gasteiger partial charge >= 0.3 is 12.4 Å². The van der Waals surface area contributed by atoms with Crippen LogP contribution in [0.3, 0.4) is 0 Å². The molecule has 0 amide bonds. The second-order valence-corrected chi connectivity index (χ2v) is 5.30. The fraction of sp³-hybridized carbons (Fsp3) is 0.750. The number of aliphatic hydroxyl groups excluding tert-OH is 1. The van der Waals surface area contributed by atoms with Crippen LogP contribution in [-0.2, 0) is 19.1 Å². The number of aliphatic hydroxyl groups is 1. The van der Waals surface area contributed by atoms with Gasteiger partial charge in [0.1, 0.15) is 0 Å². The minimum atomic E-state index is -4.79. The molecular formula is C12H15F6N3O. The Balaban J connectivity index is 2.30. The third-order valence-electron chi connectivity index (χ3n) is 3.61. The third-order valence-corrected chi connectivity index (χ3v) is 3.61. The lowest BCUT2D eigenvalue weighted by atomic mass is 9.89. The average molecular weight is 331 g/mol. The number of nitrogens with two attached hydrogens (primary N) is 1. The molecule has 0 spiro atoms. The third kappa shape index (κ3) is 3.54. The number of halogens is 6. The summed E-state index contributed by atoms with van der Waals surface area (Å²) in [6.07, 6.45) is -11.8. The Morgan fingerprint density at radius 2 is 1.86 bits per heavy atom. The van der Waals surface area contributed by atoms with E-state index in [9.17, 15) is 31.4 Å². The van der Waals surface area contributed by atoms with Gasteiger partial charge < -0.3 is 10.8 Å².